The van der Waals surface area contributed by atoms with Crippen LogP contribution in [0, 0.1) is 0 Å². The Kier molecular flexibility index (Phi) is 4.70. The molecule has 3 amide bonds. The van der Waals surface area contributed by atoms with E-state index in [2.05, 4.69) is 32.7 Å². The monoisotopic (exact) mass is 362 g/mol. The normalized spacial score (nSPS) is 13.5. The van der Waals surface area contributed by atoms with E-state index in [1.807, 2.05) is 24.3 Å². The topological polar surface area (TPSA) is 66.5 Å². The number of imide groups is 1. The summed E-state index contributed by atoms with van der Waals surface area (Å²) in [6, 6.07) is 12.2. The van der Waals surface area contributed by atoms with Gasteiger partial charge in [-0.3, -0.25) is 19.3 Å². The predicted molar refractivity (Wildman–Crippen MR) is 105 cm³/mol. The number of amides is 3. The molecule has 2 aromatic carbocycles. The molecule has 0 saturated heterocycles. The van der Waals surface area contributed by atoms with Gasteiger partial charge in [0.05, 0.1) is 11.1 Å². The molecule has 0 aromatic heterocycles. The molecular formula is C22H22N2O3. The first kappa shape index (κ1) is 18.6. The Morgan fingerprint density at radius 1 is 1.07 bits per heavy atom. The second kappa shape index (κ2) is 6.83. The molecule has 0 saturated carbocycles. The highest BCUT2D eigenvalue weighted by molar-refractivity contribution is 6.22. The number of hydrogen-bond acceptors (Lipinski definition) is 3. The number of carbonyl (C=O) groups is 3. The van der Waals surface area contributed by atoms with E-state index < -0.39 is 5.91 Å². The van der Waals surface area contributed by atoms with Crippen molar-refractivity contribution in [2.24, 2.45) is 0 Å². The molecule has 27 heavy (non-hydrogen) atoms. The van der Waals surface area contributed by atoms with E-state index >= 15 is 0 Å². The zero-order valence-electron chi connectivity index (χ0n) is 15.7. The molecule has 0 fully saturated rings. The maximum Gasteiger partial charge on any atom is 0.261 e. The maximum atomic E-state index is 12.8. The standard InChI is InChI=1S/C22H22N2O3/c1-5-12-24-20(26)15-11-10-14(13-16(15)21(24)27)19(25)23-18-9-7-6-8-17(18)22(2,3)4/h5-11,13H,1,12H2,2-4H3,(H,23,25). The molecule has 1 aliphatic heterocycles. The molecule has 0 bridgehead atoms. The first-order valence-corrected chi connectivity index (χ1v) is 8.76. The average Bonchev–Trinajstić information content (AvgIpc) is 2.86. The van der Waals surface area contributed by atoms with Crippen LogP contribution in [0.4, 0.5) is 5.69 Å². The molecule has 1 aliphatic rings. The van der Waals surface area contributed by atoms with Crippen molar-refractivity contribution in [1.82, 2.24) is 4.90 Å². The van der Waals surface area contributed by atoms with E-state index in [1.165, 1.54) is 18.2 Å². The molecule has 0 aliphatic carbocycles. The zero-order valence-corrected chi connectivity index (χ0v) is 15.7. The molecule has 5 nitrogen and oxygen atoms in total. The number of benzene rings is 2. The lowest BCUT2D eigenvalue weighted by Gasteiger charge is -2.23. The number of anilines is 1. The van der Waals surface area contributed by atoms with E-state index in [0.717, 1.165) is 16.2 Å². The molecule has 2 aromatic rings. The van der Waals surface area contributed by atoms with Gasteiger partial charge in [-0.05, 0) is 35.2 Å². The minimum Gasteiger partial charge on any atom is -0.322 e. The molecule has 0 atom stereocenters. The number of carbonyl (C=O) groups excluding carboxylic acids is 3. The maximum absolute atomic E-state index is 12.8. The molecular weight excluding hydrogens is 340 g/mol. The summed E-state index contributed by atoms with van der Waals surface area (Å²) < 4.78 is 0. The van der Waals surface area contributed by atoms with Crippen LogP contribution in [0.1, 0.15) is 57.4 Å². The largest absolute Gasteiger partial charge is 0.322 e. The Bertz CT molecular complexity index is 954. The lowest BCUT2D eigenvalue weighted by Crippen LogP contribution is -2.29. The molecule has 1 heterocycles. The Morgan fingerprint density at radius 2 is 1.74 bits per heavy atom. The van der Waals surface area contributed by atoms with Crippen LogP contribution < -0.4 is 5.32 Å². The van der Waals surface area contributed by atoms with Gasteiger partial charge in [0.15, 0.2) is 0 Å². The number of nitrogens with one attached hydrogen (secondary N) is 1. The summed E-state index contributed by atoms with van der Waals surface area (Å²) in [4.78, 5) is 38.6. The SMILES string of the molecule is C=CCN1C(=O)c2ccc(C(=O)Nc3ccccc3C(C)(C)C)cc2C1=O. The lowest BCUT2D eigenvalue weighted by molar-refractivity contribution is 0.0672. The number of nitrogens with zero attached hydrogens (tertiary/aromatic N) is 1. The number of rotatable bonds is 4. The first-order chi connectivity index (χ1) is 12.7. The second-order valence-electron chi connectivity index (χ2n) is 7.52. The summed E-state index contributed by atoms with van der Waals surface area (Å²) in [5.74, 6) is -1.09. The van der Waals surface area contributed by atoms with E-state index in [9.17, 15) is 14.4 Å². The Balaban J connectivity index is 1.90. The highest BCUT2D eigenvalue weighted by Crippen LogP contribution is 2.30. The van der Waals surface area contributed by atoms with Crippen LogP contribution in [0.15, 0.2) is 55.1 Å². The van der Waals surface area contributed by atoms with Crippen LogP contribution in [0.2, 0.25) is 0 Å². The fraction of sp³-hybridized carbons (Fsp3) is 0.227. The summed E-state index contributed by atoms with van der Waals surface area (Å²) in [5.41, 5.74) is 2.51. The van der Waals surface area contributed by atoms with Crippen LogP contribution in [-0.2, 0) is 5.41 Å². The van der Waals surface area contributed by atoms with Crippen molar-refractivity contribution in [3.63, 3.8) is 0 Å². The van der Waals surface area contributed by atoms with Crippen LogP contribution in [-0.4, -0.2) is 29.2 Å². The molecule has 1 N–H and O–H groups in total. The first-order valence-electron chi connectivity index (χ1n) is 8.76. The van der Waals surface area contributed by atoms with E-state index in [4.69, 9.17) is 0 Å². The van der Waals surface area contributed by atoms with Gasteiger partial charge in [0.1, 0.15) is 0 Å². The van der Waals surface area contributed by atoms with Gasteiger partial charge in [-0.25, -0.2) is 0 Å². The van der Waals surface area contributed by atoms with Crippen LogP contribution in [0.3, 0.4) is 0 Å². The van der Waals surface area contributed by atoms with Gasteiger partial charge in [0.2, 0.25) is 0 Å². The van der Waals surface area contributed by atoms with Gasteiger partial charge >= 0.3 is 0 Å². The van der Waals surface area contributed by atoms with Crippen molar-refractivity contribution in [1.29, 1.82) is 0 Å². The van der Waals surface area contributed by atoms with Crippen molar-refractivity contribution < 1.29 is 14.4 Å². The van der Waals surface area contributed by atoms with Gasteiger partial charge in [0, 0.05) is 17.8 Å². The summed E-state index contributed by atoms with van der Waals surface area (Å²) >= 11 is 0. The van der Waals surface area contributed by atoms with Crippen molar-refractivity contribution in [2.45, 2.75) is 26.2 Å². The molecule has 0 spiro atoms. The Labute approximate surface area is 158 Å². The van der Waals surface area contributed by atoms with E-state index in [0.29, 0.717) is 11.1 Å². The van der Waals surface area contributed by atoms with Gasteiger partial charge in [-0.1, -0.05) is 45.0 Å². The molecule has 138 valence electrons. The lowest BCUT2D eigenvalue weighted by atomic mass is 9.86. The second-order valence-corrected chi connectivity index (χ2v) is 7.52. The average molecular weight is 362 g/mol. The van der Waals surface area contributed by atoms with Gasteiger partial charge in [-0.2, -0.15) is 0 Å². The highest BCUT2D eigenvalue weighted by atomic mass is 16.2. The van der Waals surface area contributed by atoms with Crippen LogP contribution >= 0.6 is 0 Å². The van der Waals surface area contributed by atoms with E-state index in [-0.39, 0.29) is 29.3 Å². The molecule has 3 rings (SSSR count). The third-order valence-corrected chi connectivity index (χ3v) is 4.53. The Morgan fingerprint density at radius 3 is 2.41 bits per heavy atom. The third-order valence-electron chi connectivity index (χ3n) is 4.53. The minimum atomic E-state index is -0.403. The summed E-state index contributed by atoms with van der Waals surface area (Å²) in [6.07, 6.45) is 1.50. The highest BCUT2D eigenvalue weighted by Gasteiger charge is 2.35. The summed E-state index contributed by atoms with van der Waals surface area (Å²) in [7, 11) is 0. The van der Waals surface area contributed by atoms with Crippen molar-refractivity contribution >= 4 is 23.4 Å². The van der Waals surface area contributed by atoms with Crippen molar-refractivity contribution in [3.05, 3.63) is 77.4 Å². The fourth-order valence-corrected chi connectivity index (χ4v) is 3.17. The summed E-state index contributed by atoms with van der Waals surface area (Å²) in [6.45, 7) is 9.94. The fourth-order valence-electron chi connectivity index (χ4n) is 3.17. The van der Waals surface area contributed by atoms with Gasteiger partial charge < -0.3 is 5.32 Å². The van der Waals surface area contributed by atoms with Gasteiger partial charge in [0.25, 0.3) is 17.7 Å². The smallest absolute Gasteiger partial charge is 0.261 e. The van der Waals surface area contributed by atoms with Crippen LogP contribution in [0.5, 0.6) is 0 Å². The number of hydrogen-bond donors (Lipinski definition) is 1. The Hall–Kier alpha value is -3.21. The minimum absolute atomic E-state index is 0.130. The molecule has 0 radical (unpaired) electrons. The molecule has 0 unspecified atom stereocenters. The third kappa shape index (κ3) is 3.40. The number of fused-ring (bicyclic) bond motifs is 1. The van der Waals surface area contributed by atoms with Crippen LogP contribution in [0.25, 0.3) is 0 Å². The quantitative estimate of drug-likeness (QED) is 0.660. The van der Waals surface area contributed by atoms with Gasteiger partial charge in [-0.15, -0.1) is 6.58 Å². The predicted octanol–water partition coefficient (Wildman–Crippen LogP) is 4.02. The summed E-state index contributed by atoms with van der Waals surface area (Å²) in [5, 5.41) is 2.92. The zero-order chi connectivity index (χ0) is 19.8. The molecule has 5 heteroatoms. The van der Waals surface area contributed by atoms with Crippen molar-refractivity contribution in [3.8, 4) is 0 Å². The number of para-hydroxylation sites is 1. The van der Waals surface area contributed by atoms with E-state index in [1.54, 1.807) is 6.07 Å². The van der Waals surface area contributed by atoms with Crippen molar-refractivity contribution in [2.75, 3.05) is 11.9 Å².